The van der Waals surface area contributed by atoms with Gasteiger partial charge in [0.25, 0.3) is 0 Å². The van der Waals surface area contributed by atoms with E-state index in [0.717, 1.165) is 5.56 Å². The molecule has 1 aromatic rings. The van der Waals surface area contributed by atoms with Gasteiger partial charge in [0.1, 0.15) is 6.10 Å². The molecule has 0 unspecified atom stereocenters. The van der Waals surface area contributed by atoms with Gasteiger partial charge in [-0.05, 0) is 11.5 Å². The van der Waals surface area contributed by atoms with Crippen molar-refractivity contribution in [2.24, 2.45) is 5.92 Å². The van der Waals surface area contributed by atoms with Crippen LogP contribution in [0.25, 0.3) is 0 Å². The van der Waals surface area contributed by atoms with E-state index in [2.05, 4.69) is 0 Å². The van der Waals surface area contributed by atoms with E-state index in [9.17, 15) is 9.90 Å². The summed E-state index contributed by atoms with van der Waals surface area (Å²) in [5.41, 5.74) is 0.633. The Morgan fingerprint density at radius 3 is 2.40 bits per heavy atom. The van der Waals surface area contributed by atoms with Crippen LogP contribution in [-0.4, -0.2) is 17.0 Å². The quantitative estimate of drug-likeness (QED) is 0.758. The summed E-state index contributed by atoms with van der Waals surface area (Å²) < 4.78 is 0. The maximum Gasteiger partial charge on any atom is 0.162 e. The first-order valence-corrected chi connectivity index (χ1v) is 5.33. The minimum absolute atomic E-state index is 0.0335. The van der Waals surface area contributed by atoms with Crippen LogP contribution in [0.3, 0.4) is 0 Å². The molecule has 0 bridgehead atoms. The molecule has 0 aromatic heterocycles. The zero-order valence-electron chi connectivity index (χ0n) is 9.10. The van der Waals surface area contributed by atoms with Crippen molar-refractivity contribution in [3.63, 3.8) is 0 Å². The van der Waals surface area contributed by atoms with Gasteiger partial charge in [-0.2, -0.15) is 0 Å². The first-order chi connectivity index (χ1) is 7.06. The first-order valence-electron chi connectivity index (χ1n) is 5.33. The summed E-state index contributed by atoms with van der Waals surface area (Å²) in [6, 6.07) is 9.81. The molecule has 2 rings (SSSR count). The molecule has 1 N–H and O–H groups in total. The van der Waals surface area contributed by atoms with Crippen molar-refractivity contribution in [3.05, 3.63) is 35.9 Å². The SMILES string of the molecule is C[C@H]1CC(=O)[C@H](O)[C@@]1(C)c1ccccc1. The third-order valence-electron chi connectivity index (χ3n) is 3.80. The van der Waals surface area contributed by atoms with Crippen molar-refractivity contribution in [1.82, 2.24) is 0 Å². The van der Waals surface area contributed by atoms with Crippen LogP contribution in [0.2, 0.25) is 0 Å². The van der Waals surface area contributed by atoms with Gasteiger partial charge in [0.2, 0.25) is 0 Å². The third kappa shape index (κ3) is 1.40. The molecule has 0 spiro atoms. The van der Waals surface area contributed by atoms with Crippen LogP contribution in [0.5, 0.6) is 0 Å². The van der Waals surface area contributed by atoms with Gasteiger partial charge in [0.15, 0.2) is 5.78 Å². The Morgan fingerprint density at radius 2 is 1.93 bits per heavy atom. The van der Waals surface area contributed by atoms with Gasteiger partial charge in [-0.3, -0.25) is 4.79 Å². The highest BCUT2D eigenvalue weighted by Crippen LogP contribution is 2.43. The fourth-order valence-electron chi connectivity index (χ4n) is 2.47. The molecule has 2 heteroatoms. The Hall–Kier alpha value is -1.15. The summed E-state index contributed by atoms with van der Waals surface area (Å²) in [4.78, 5) is 11.5. The van der Waals surface area contributed by atoms with Crippen LogP contribution in [0, 0.1) is 5.92 Å². The molecule has 1 aliphatic rings. The maximum absolute atomic E-state index is 11.5. The number of hydrogen-bond acceptors (Lipinski definition) is 2. The summed E-state index contributed by atoms with van der Waals surface area (Å²) in [5, 5.41) is 9.99. The van der Waals surface area contributed by atoms with E-state index in [1.807, 2.05) is 44.2 Å². The molecule has 0 amide bonds. The minimum atomic E-state index is -0.852. The van der Waals surface area contributed by atoms with Crippen LogP contribution < -0.4 is 0 Å². The smallest absolute Gasteiger partial charge is 0.162 e. The maximum atomic E-state index is 11.5. The fraction of sp³-hybridized carbons (Fsp3) is 0.462. The van der Waals surface area contributed by atoms with Crippen molar-refractivity contribution >= 4 is 5.78 Å². The second-order valence-corrected chi connectivity index (χ2v) is 4.62. The van der Waals surface area contributed by atoms with Gasteiger partial charge < -0.3 is 5.11 Å². The van der Waals surface area contributed by atoms with Gasteiger partial charge in [-0.15, -0.1) is 0 Å². The van der Waals surface area contributed by atoms with E-state index in [1.54, 1.807) is 0 Å². The number of rotatable bonds is 1. The molecule has 0 saturated heterocycles. The minimum Gasteiger partial charge on any atom is -0.384 e. The molecule has 1 fully saturated rings. The average Bonchev–Trinajstić information content (AvgIpc) is 2.45. The second-order valence-electron chi connectivity index (χ2n) is 4.62. The van der Waals surface area contributed by atoms with E-state index in [4.69, 9.17) is 0 Å². The zero-order chi connectivity index (χ0) is 11.1. The Morgan fingerprint density at radius 1 is 1.33 bits per heavy atom. The molecule has 15 heavy (non-hydrogen) atoms. The highest BCUT2D eigenvalue weighted by atomic mass is 16.3. The fourth-order valence-corrected chi connectivity index (χ4v) is 2.47. The number of carbonyl (C=O) groups is 1. The molecule has 1 saturated carbocycles. The molecule has 1 aliphatic carbocycles. The number of Topliss-reactive ketones (excluding diaryl/α,β-unsaturated/α-hetero) is 1. The van der Waals surface area contributed by atoms with Gasteiger partial charge in [-0.1, -0.05) is 44.2 Å². The van der Waals surface area contributed by atoms with Gasteiger partial charge in [0, 0.05) is 11.8 Å². The number of aliphatic hydroxyl groups excluding tert-OH is 1. The van der Waals surface area contributed by atoms with Crippen molar-refractivity contribution < 1.29 is 9.90 Å². The zero-order valence-corrected chi connectivity index (χ0v) is 9.10. The van der Waals surface area contributed by atoms with E-state index in [-0.39, 0.29) is 11.7 Å². The van der Waals surface area contributed by atoms with E-state index >= 15 is 0 Å². The van der Waals surface area contributed by atoms with E-state index in [1.165, 1.54) is 0 Å². The van der Waals surface area contributed by atoms with Crippen LogP contribution in [0.1, 0.15) is 25.8 Å². The lowest BCUT2D eigenvalue weighted by Crippen LogP contribution is -2.38. The number of ketones is 1. The Bertz CT molecular complexity index is 371. The summed E-state index contributed by atoms with van der Waals surface area (Å²) in [5.74, 6) is 0.163. The summed E-state index contributed by atoms with van der Waals surface area (Å²) in [6.07, 6.45) is -0.373. The highest BCUT2D eigenvalue weighted by molar-refractivity contribution is 5.88. The van der Waals surface area contributed by atoms with Crippen LogP contribution in [0.15, 0.2) is 30.3 Å². The standard InChI is InChI=1S/C13H16O2/c1-9-8-11(14)12(15)13(9,2)10-6-4-3-5-7-10/h3-7,9,12,15H,8H2,1-2H3/t9-,12-,13+/m0/s1. The Labute approximate surface area is 89.9 Å². The largest absolute Gasteiger partial charge is 0.384 e. The lowest BCUT2D eigenvalue weighted by Gasteiger charge is -2.32. The highest BCUT2D eigenvalue weighted by Gasteiger charge is 2.49. The van der Waals surface area contributed by atoms with Crippen LogP contribution in [-0.2, 0) is 10.2 Å². The van der Waals surface area contributed by atoms with Crippen molar-refractivity contribution in [3.8, 4) is 0 Å². The van der Waals surface area contributed by atoms with Crippen molar-refractivity contribution in [2.45, 2.75) is 31.8 Å². The van der Waals surface area contributed by atoms with Gasteiger partial charge in [0.05, 0.1) is 0 Å². The number of benzene rings is 1. The van der Waals surface area contributed by atoms with Crippen LogP contribution in [0.4, 0.5) is 0 Å². The Kier molecular flexibility index (Phi) is 2.39. The summed E-state index contributed by atoms with van der Waals surface area (Å²) in [7, 11) is 0. The summed E-state index contributed by atoms with van der Waals surface area (Å²) in [6.45, 7) is 4.00. The molecule has 0 heterocycles. The molecular weight excluding hydrogens is 188 g/mol. The van der Waals surface area contributed by atoms with E-state index < -0.39 is 11.5 Å². The summed E-state index contributed by atoms with van der Waals surface area (Å²) >= 11 is 0. The Balaban J connectivity index is 2.46. The topological polar surface area (TPSA) is 37.3 Å². The molecular formula is C13H16O2. The van der Waals surface area contributed by atoms with Gasteiger partial charge in [-0.25, -0.2) is 0 Å². The molecule has 0 radical (unpaired) electrons. The average molecular weight is 204 g/mol. The van der Waals surface area contributed by atoms with Crippen molar-refractivity contribution in [2.75, 3.05) is 0 Å². The number of carbonyl (C=O) groups excluding carboxylic acids is 1. The molecule has 0 aliphatic heterocycles. The second kappa shape index (κ2) is 3.46. The molecule has 1 aromatic carbocycles. The molecule has 3 atom stereocenters. The predicted molar refractivity (Wildman–Crippen MR) is 58.6 cm³/mol. The predicted octanol–water partition coefficient (Wildman–Crippen LogP) is 1.91. The van der Waals surface area contributed by atoms with Gasteiger partial charge >= 0.3 is 0 Å². The number of hydrogen-bond donors (Lipinski definition) is 1. The monoisotopic (exact) mass is 204 g/mol. The first kappa shape index (κ1) is 10.4. The lowest BCUT2D eigenvalue weighted by molar-refractivity contribution is -0.125. The van der Waals surface area contributed by atoms with Crippen molar-refractivity contribution in [1.29, 1.82) is 0 Å². The number of aliphatic hydroxyl groups is 1. The molecule has 80 valence electrons. The molecule has 2 nitrogen and oxygen atoms in total. The lowest BCUT2D eigenvalue weighted by atomic mass is 9.73. The van der Waals surface area contributed by atoms with E-state index in [0.29, 0.717) is 6.42 Å². The normalized spacial score (nSPS) is 35.8. The third-order valence-corrected chi connectivity index (χ3v) is 3.80. The van der Waals surface area contributed by atoms with Crippen LogP contribution >= 0.6 is 0 Å².